The quantitative estimate of drug-likeness (QED) is 0.615. The molecule has 1 amide bonds. The van der Waals surface area contributed by atoms with Crippen LogP contribution in [0.4, 0.5) is 5.69 Å². The van der Waals surface area contributed by atoms with Crippen LogP contribution in [-0.4, -0.2) is 25.7 Å². The Bertz CT molecular complexity index is 353. The van der Waals surface area contributed by atoms with Crippen LogP contribution in [0, 0.1) is 0 Å². The predicted molar refractivity (Wildman–Crippen MR) is 82.8 cm³/mol. The first-order valence-corrected chi connectivity index (χ1v) is 7.22. The molecule has 0 spiro atoms. The zero-order chi connectivity index (χ0) is 15.2. The van der Waals surface area contributed by atoms with Crippen LogP contribution in [0.3, 0.4) is 0 Å². The number of carbonyl (C=O) groups is 1. The summed E-state index contributed by atoms with van der Waals surface area (Å²) in [6.07, 6.45) is 0. The zero-order valence-electron chi connectivity index (χ0n) is 12.5. The SMILES string of the molecule is CCOSOCC.CCOc1ccc(NC(C)=O)cc1. The first kappa shape index (κ1) is 18.8. The Morgan fingerprint density at radius 3 is 2.00 bits per heavy atom. The average molecular weight is 301 g/mol. The van der Waals surface area contributed by atoms with Crippen LogP contribution >= 0.6 is 12.3 Å². The van der Waals surface area contributed by atoms with Crippen molar-refractivity contribution in [3.05, 3.63) is 24.3 Å². The lowest BCUT2D eigenvalue weighted by atomic mass is 10.3. The molecule has 0 bridgehead atoms. The number of hydrogen-bond acceptors (Lipinski definition) is 5. The van der Waals surface area contributed by atoms with Crippen LogP contribution in [0.15, 0.2) is 24.3 Å². The van der Waals surface area contributed by atoms with Crippen molar-refractivity contribution in [2.75, 3.05) is 25.1 Å². The summed E-state index contributed by atoms with van der Waals surface area (Å²) in [5.74, 6) is 0.751. The first-order valence-electron chi connectivity index (χ1n) is 6.55. The Labute approximate surface area is 125 Å². The summed E-state index contributed by atoms with van der Waals surface area (Å²) in [6.45, 7) is 9.31. The third kappa shape index (κ3) is 10.7. The van der Waals surface area contributed by atoms with Crippen molar-refractivity contribution in [1.82, 2.24) is 0 Å². The second kappa shape index (κ2) is 12.8. The molecule has 0 unspecified atom stereocenters. The number of anilines is 1. The molecule has 0 saturated carbocycles. The average Bonchev–Trinajstić information content (AvgIpc) is 2.42. The molecule has 1 aromatic carbocycles. The standard InChI is InChI=1S/C10H13NO2.C4H10O2S/c1-3-13-10-6-4-9(5-7-10)11-8(2)12;1-3-5-7-6-4-2/h4-7H,3H2,1-2H3,(H,11,12);3-4H2,1-2H3. The van der Waals surface area contributed by atoms with Crippen molar-refractivity contribution in [3.63, 3.8) is 0 Å². The van der Waals surface area contributed by atoms with Gasteiger partial charge in [0.05, 0.1) is 19.8 Å². The van der Waals surface area contributed by atoms with Crippen molar-refractivity contribution < 1.29 is 17.9 Å². The molecule has 1 N–H and O–H groups in total. The summed E-state index contributed by atoms with van der Waals surface area (Å²) in [5.41, 5.74) is 0.788. The molecule has 6 heteroatoms. The summed E-state index contributed by atoms with van der Waals surface area (Å²) >= 11 is 1.05. The van der Waals surface area contributed by atoms with Crippen molar-refractivity contribution in [2.24, 2.45) is 0 Å². The minimum atomic E-state index is -0.0656. The van der Waals surface area contributed by atoms with Crippen LogP contribution < -0.4 is 10.1 Å². The number of amides is 1. The third-order valence-electron chi connectivity index (χ3n) is 1.82. The normalized spacial score (nSPS) is 9.40. The number of rotatable bonds is 7. The van der Waals surface area contributed by atoms with E-state index in [0.29, 0.717) is 19.8 Å². The lowest BCUT2D eigenvalue weighted by Gasteiger charge is -2.04. The van der Waals surface area contributed by atoms with Gasteiger partial charge in [-0.15, -0.1) is 0 Å². The molecule has 0 atom stereocenters. The lowest BCUT2D eigenvalue weighted by Crippen LogP contribution is -2.05. The fraction of sp³-hybridized carbons (Fsp3) is 0.500. The number of ether oxygens (including phenoxy) is 1. The lowest BCUT2D eigenvalue weighted by molar-refractivity contribution is -0.114. The molecule has 0 aliphatic rings. The van der Waals surface area contributed by atoms with Crippen molar-refractivity contribution in [3.8, 4) is 5.75 Å². The van der Waals surface area contributed by atoms with Crippen LogP contribution in [0.1, 0.15) is 27.7 Å². The van der Waals surface area contributed by atoms with E-state index in [0.717, 1.165) is 23.8 Å². The van der Waals surface area contributed by atoms with Gasteiger partial charge in [0.25, 0.3) is 0 Å². The molecule has 0 aliphatic carbocycles. The van der Waals surface area contributed by atoms with Crippen molar-refractivity contribution in [1.29, 1.82) is 0 Å². The van der Waals surface area contributed by atoms with E-state index < -0.39 is 0 Å². The maximum absolute atomic E-state index is 10.7. The smallest absolute Gasteiger partial charge is 0.221 e. The number of hydrogen-bond donors (Lipinski definition) is 1. The summed E-state index contributed by atoms with van der Waals surface area (Å²) in [7, 11) is 0. The Balaban J connectivity index is 0.000000441. The van der Waals surface area contributed by atoms with Gasteiger partial charge < -0.3 is 10.1 Å². The highest BCUT2D eigenvalue weighted by Gasteiger charge is 1.95. The molecule has 114 valence electrons. The molecular weight excluding hydrogens is 278 g/mol. The van der Waals surface area contributed by atoms with Gasteiger partial charge in [0.15, 0.2) is 12.3 Å². The molecule has 5 nitrogen and oxygen atoms in total. The van der Waals surface area contributed by atoms with E-state index in [1.807, 2.05) is 45.0 Å². The van der Waals surface area contributed by atoms with Crippen molar-refractivity contribution >= 4 is 23.9 Å². The van der Waals surface area contributed by atoms with Gasteiger partial charge in [0.1, 0.15) is 5.75 Å². The molecule has 1 rings (SSSR count). The number of carbonyl (C=O) groups excluding carboxylic acids is 1. The Kier molecular flexibility index (Phi) is 12.0. The molecule has 0 saturated heterocycles. The second-order valence-electron chi connectivity index (χ2n) is 3.52. The van der Waals surface area contributed by atoms with Crippen LogP contribution in [0.2, 0.25) is 0 Å². The second-order valence-corrected chi connectivity index (χ2v) is 4.13. The van der Waals surface area contributed by atoms with Gasteiger partial charge in [-0.1, -0.05) is 0 Å². The van der Waals surface area contributed by atoms with Gasteiger partial charge >= 0.3 is 0 Å². The highest BCUT2D eigenvalue weighted by atomic mass is 32.2. The van der Waals surface area contributed by atoms with Gasteiger partial charge in [-0.05, 0) is 45.0 Å². The number of nitrogens with one attached hydrogen (secondary N) is 1. The van der Waals surface area contributed by atoms with E-state index in [4.69, 9.17) is 13.1 Å². The summed E-state index contributed by atoms with van der Waals surface area (Å²) < 4.78 is 14.8. The Morgan fingerprint density at radius 2 is 1.60 bits per heavy atom. The molecule has 0 aliphatic heterocycles. The minimum Gasteiger partial charge on any atom is -0.494 e. The van der Waals surface area contributed by atoms with E-state index in [9.17, 15) is 4.79 Å². The van der Waals surface area contributed by atoms with Gasteiger partial charge in [0.2, 0.25) is 5.91 Å². The molecule has 0 aromatic heterocycles. The highest BCUT2D eigenvalue weighted by Crippen LogP contribution is 2.15. The summed E-state index contributed by atoms with van der Waals surface area (Å²) in [4.78, 5) is 10.7. The first-order chi connectivity index (χ1) is 9.63. The number of benzene rings is 1. The van der Waals surface area contributed by atoms with Crippen LogP contribution in [0.5, 0.6) is 5.75 Å². The Morgan fingerprint density at radius 1 is 1.05 bits per heavy atom. The third-order valence-corrected chi connectivity index (χ3v) is 2.48. The molecule has 0 heterocycles. The summed E-state index contributed by atoms with van der Waals surface area (Å²) in [5, 5.41) is 2.68. The van der Waals surface area contributed by atoms with Crippen molar-refractivity contribution in [2.45, 2.75) is 27.7 Å². The molecular formula is C14H23NO4S. The summed E-state index contributed by atoms with van der Waals surface area (Å²) in [6, 6.07) is 7.28. The van der Waals surface area contributed by atoms with Gasteiger partial charge in [-0.2, -0.15) is 0 Å². The fourth-order valence-corrected chi connectivity index (χ4v) is 1.40. The van der Waals surface area contributed by atoms with Gasteiger partial charge in [0, 0.05) is 12.6 Å². The molecule has 0 fully saturated rings. The monoisotopic (exact) mass is 301 g/mol. The predicted octanol–water partition coefficient (Wildman–Crippen LogP) is 3.67. The Hall–Kier alpha value is -1.24. The van der Waals surface area contributed by atoms with E-state index in [-0.39, 0.29) is 5.91 Å². The van der Waals surface area contributed by atoms with Gasteiger partial charge in [-0.3, -0.25) is 13.2 Å². The van der Waals surface area contributed by atoms with Gasteiger partial charge in [-0.25, -0.2) is 0 Å². The maximum Gasteiger partial charge on any atom is 0.221 e. The van der Waals surface area contributed by atoms with E-state index in [2.05, 4.69) is 5.32 Å². The fourth-order valence-electron chi connectivity index (χ4n) is 1.13. The molecule has 20 heavy (non-hydrogen) atoms. The highest BCUT2D eigenvalue weighted by molar-refractivity contribution is 7.89. The molecule has 0 radical (unpaired) electrons. The topological polar surface area (TPSA) is 56.8 Å². The van der Waals surface area contributed by atoms with E-state index in [1.54, 1.807) is 0 Å². The zero-order valence-corrected chi connectivity index (χ0v) is 13.3. The maximum atomic E-state index is 10.7. The van der Waals surface area contributed by atoms with Crippen LogP contribution in [0.25, 0.3) is 0 Å². The van der Waals surface area contributed by atoms with E-state index >= 15 is 0 Å². The minimum absolute atomic E-state index is 0.0656. The van der Waals surface area contributed by atoms with E-state index in [1.165, 1.54) is 6.92 Å². The molecule has 1 aromatic rings. The van der Waals surface area contributed by atoms with Crippen LogP contribution in [-0.2, 0) is 13.2 Å². The largest absolute Gasteiger partial charge is 0.494 e.